The van der Waals surface area contributed by atoms with Crippen molar-refractivity contribution in [1.29, 1.82) is 0 Å². The lowest BCUT2D eigenvalue weighted by Crippen LogP contribution is -2.57. The molecule has 4 aromatic rings. The molecule has 2 saturated heterocycles. The summed E-state index contributed by atoms with van der Waals surface area (Å²) < 4.78 is 14.9. The van der Waals surface area contributed by atoms with Gasteiger partial charge in [0.25, 0.3) is 5.56 Å². The van der Waals surface area contributed by atoms with Crippen molar-refractivity contribution in [2.24, 2.45) is 5.41 Å². The predicted molar refractivity (Wildman–Crippen MR) is 265 cm³/mol. The Morgan fingerprint density at radius 2 is 1.67 bits per heavy atom. The van der Waals surface area contributed by atoms with Crippen LogP contribution in [0.1, 0.15) is 121 Å². The molecule has 2 atom stereocenters. The average molecular weight is 958 g/mol. The number of fused-ring (bicyclic) bond motifs is 1. The van der Waals surface area contributed by atoms with Crippen molar-refractivity contribution in [1.82, 2.24) is 40.7 Å². The van der Waals surface area contributed by atoms with Crippen LogP contribution in [0, 0.1) is 18.2 Å². The van der Waals surface area contributed by atoms with E-state index in [0.717, 1.165) is 99.0 Å². The summed E-state index contributed by atoms with van der Waals surface area (Å²) in [5.41, 5.74) is 4.91. The van der Waals surface area contributed by atoms with Gasteiger partial charge in [-0.2, -0.15) is 11.8 Å². The van der Waals surface area contributed by atoms with Crippen LogP contribution in [0.15, 0.2) is 46.7 Å². The van der Waals surface area contributed by atoms with Gasteiger partial charge in [0, 0.05) is 43.0 Å². The van der Waals surface area contributed by atoms with Crippen molar-refractivity contribution in [3.63, 3.8) is 0 Å². The van der Waals surface area contributed by atoms with Gasteiger partial charge in [-0.3, -0.25) is 28.9 Å². The third-order valence-electron chi connectivity index (χ3n) is 13.2. The maximum absolute atomic E-state index is 14.9. The van der Waals surface area contributed by atoms with Crippen molar-refractivity contribution in [2.45, 2.75) is 147 Å². The molecule has 0 spiro atoms. The third kappa shape index (κ3) is 13.9. The Labute approximate surface area is 401 Å². The molecular weight excluding hydrogens is 890 g/mol. The lowest BCUT2D eigenvalue weighted by molar-refractivity contribution is -0.143. The number of aromatic nitrogens is 3. The van der Waals surface area contributed by atoms with E-state index in [4.69, 9.17) is 0 Å². The fourth-order valence-corrected chi connectivity index (χ4v) is 11.3. The summed E-state index contributed by atoms with van der Waals surface area (Å²) in [6.07, 6.45) is 11.0. The van der Waals surface area contributed by atoms with Gasteiger partial charge in [0.2, 0.25) is 23.6 Å². The van der Waals surface area contributed by atoms with E-state index in [9.17, 15) is 28.4 Å². The Hall–Kier alpha value is -4.87. The Kier molecular flexibility index (Phi) is 17.5. The molecule has 5 N–H and O–H groups in total. The van der Waals surface area contributed by atoms with Gasteiger partial charge in [-0.05, 0) is 100 Å². The highest BCUT2D eigenvalue weighted by Gasteiger charge is 2.41. The number of carbonyl (C=O) groups is 4. The van der Waals surface area contributed by atoms with Crippen LogP contribution in [0.25, 0.3) is 21.3 Å². The van der Waals surface area contributed by atoms with E-state index < -0.39 is 28.9 Å². The van der Waals surface area contributed by atoms with E-state index in [1.54, 1.807) is 34.1 Å². The number of aromatic amines is 1. The van der Waals surface area contributed by atoms with Crippen molar-refractivity contribution in [3.8, 4) is 10.4 Å². The number of nitrogens with one attached hydrogen (secondary N) is 5. The average Bonchev–Trinajstić information content (AvgIpc) is 4.10. The number of benzene rings is 2. The molecule has 17 heteroatoms. The highest BCUT2D eigenvalue weighted by molar-refractivity contribution is 7.99. The smallest absolute Gasteiger partial charge is 0.261 e. The highest BCUT2D eigenvalue weighted by atomic mass is 32.2. The molecule has 0 bridgehead atoms. The highest BCUT2D eigenvalue weighted by Crippen LogP contribution is 2.30. The molecule has 7 rings (SSSR count). The molecule has 4 heterocycles. The molecule has 2 aromatic carbocycles. The van der Waals surface area contributed by atoms with Gasteiger partial charge in [-0.1, -0.05) is 70.7 Å². The Bertz CT molecular complexity index is 2390. The van der Waals surface area contributed by atoms with Gasteiger partial charge in [0.1, 0.15) is 29.1 Å². The summed E-state index contributed by atoms with van der Waals surface area (Å²) in [6, 6.07) is 10.2. The molecule has 67 heavy (non-hydrogen) atoms. The van der Waals surface area contributed by atoms with Gasteiger partial charge in [0.05, 0.1) is 33.9 Å². The number of carbonyl (C=O) groups excluding carboxylic acids is 4. The zero-order valence-corrected chi connectivity index (χ0v) is 41.2. The SMILES string of the molecule is Cc1ncsc1-c1ccc(CNC(=O)C2CCCN2C(=O)C(NC(=O)CCCCCCNC(=O)CN2CCC(SCc3nc4cc(NC5CCCC5)cc(F)c4c(=O)[nH]3)CC2)C(C)(C)C)cc1. The number of rotatable bonds is 20. The van der Waals surface area contributed by atoms with Gasteiger partial charge in [-0.25, -0.2) is 14.4 Å². The number of thioether (sulfide) groups is 1. The Morgan fingerprint density at radius 3 is 2.39 bits per heavy atom. The number of piperidine rings is 1. The van der Waals surface area contributed by atoms with Crippen LogP contribution in [0.3, 0.4) is 0 Å². The fraction of sp³-hybridized carbons (Fsp3) is 0.580. The minimum Gasteiger partial charge on any atom is -0.382 e. The van der Waals surface area contributed by atoms with Crippen LogP contribution in [-0.2, 0) is 31.5 Å². The van der Waals surface area contributed by atoms with Gasteiger partial charge in [-0.15, -0.1) is 11.3 Å². The molecule has 1 saturated carbocycles. The first-order valence-corrected chi connectivity index (χ1v) is 26.1. The second-order valence-electron chi connectivity index (χ2n) is 19.5. The molecule has 362 valence electrons. The molecular formula is C50H68FN9O5S2. The quantitative estimate of drug-likeness (QED) is 0.0559. The number of thiazole rings is 1. The van der Waals surface area contributed by atoms with Gasteiger partial charge >= 0.3 is 0 Å². The van der Waals surface area contributed by atoms with Crippen LogP contribution in [0.5, 0.6) is 0 Å². The van der Waals surface area contributed by atoms with E-state index in [1.807, 2.05) is 57.5 Å². The zero-order chi connectivity index (χ0) is 47.5. The van der Waals surface area contributed by atoms with E-state index in [-0.39, 0.29) is 29.0 Å². The molecule has 0 radical (unpaired) electrons. The molecule has 4 amide bonds. The topological polar surface area (TPSA) is 182 Å². The van der Waals surface area contributed by atoms with E-state index >= 15 is 0 Å². The monoisotopic (exact) mass is 957 g/mol. The first-order valence-electron chi connectivity index (χ1n) is 24.2. The molecule has 14 nitrogen and oxygen atoms in total. The summed E-state index contributed by atoms with van der Waals surface area (Å²) in [5, 5.41) is 12.8. The zero-order valence-electron chi connectivity index (χ0n) is 39.5. The lowest BCUT2D eigenvalue weighted by atomic mass is 9.85. The summed E-state index contributed by atoms with van der Waals surface area (Å²) in [6.45, 7) is 11.1. The van der Waals surface area contributed by atoms with Crippen LogP contribution in [0.4, 0.5) is 10.1 Å². The summed E-state index contributed by atoms with van der Waals surface area (Å²) >= 11 is 3.33. The minimum atomic E-state index is -0.763. The number of unbranched alkanes of at least 4 members (excludes halogenated alkanes) is 3. The molecule has 2 aromatic heterocycles. The predicted octanol–water partition coefficient (Wildman–Crippen LogP) is 7.45. The number of nitrogens with zero attached hydrogens (tertiary/aromatic N) is 4. The second-order valence-corrected chi connectivity index (χ2v) is 21.7. The fourth-order valence-electron chi connectivity index (χ4n) is 9.42. The normalized spacial score (nSPS) is 17.7. The third-order valence-corrected chi connectivity index (χ3v) is 15.6. The van der Waals surface area contributed by atoms with Gasteiger partial charge < -0.3 is 31.2 Å². The van der Waals surface area contributed by atoms with E-state index in [0.29, 0.717) is 79.5 Å². The van der Waals surface area contributed by atoms with Crippen LogP contribution in [-0.4, -0.2) is 104 Å². The second kappa shape index (κ2) is 23.4. The molecule has 3 fully saturated rings. The van der Waals surface area contributed by atoms with Crippen LogP contribution >= 0.6 is 23.1 Å². The van der Waals surface area contributed by atoms with E-state index in [2.05, 4.69) is 41.1 Å². The standard InChI is InChI=1S/C50H68FN9O5S2/c1-32-45(67-31-54-32)34-18-16-33(17-19-34)28-53-47(63)40-14-11-23-60(40)49(65)46(50(2,3)4)58-42(61)15-7-5-6-10-22-52-43(62)29-59-24-20-37(21-25-59)66-30-41-56-39-27-36(55-35-12-8-9-13-35)26-38(51)44(39)48(64)57-41/h16-19,26-27,31,35,37,40,46,55H,5-15,20-25,28-30H2,1-4H3,(H,52,62)(H,53,63)(H,58,61)(H,56,57,64). The van der Waals surface area contributed by atoms with Crippen LogP contribution < -0.4 is 26.8 Å². The number of hydrogen-bond donors (Lipinski definition) is 5. The van der Waals surface area contributed by atoms with Crippen molar-refractivity contribution < 1.29 is 23.6 Å². The maximum atomic E-state index is 14.9. The number of amides is 4. The summed E-state index contributed by atoms with van der Waals surface area (Å²) in [7, 11) is 0. The number of likely N-dealkylation sites (tertiary alicyclic amines) is 2. The molecule has 1 aliphatic carbocycles. The molecule has 3 aliphatic rings. The number of H-pyrrole nitrogens is 1. The Morgan fingerprint density at radius 1 is 0.925 bits per heavy atom. The number of halogens is 1. The largest absolute Gasteiger partial charge is 0.382 e. The van der Waals surface area contributed by atoms with Crippen molar-refractivity contribution >= 4 is 63.3 Å². The van der Waals surface area contributed by atoms with Gasteiger partial charge in [0.15, 0.2) is 0 Å². The number of aryl methyl sites for hydroxylation is 1. The lowest BCUT2D eigenvalue weighted by Gasteiger charge is -2.35. The van der Waals surface area contributed by atoms with Crippen molar-refractivity contribution in [2.75, 3.05) is 38.0 Å². The summed E-state index contributed by atoms with van der Waals surface area (Å²) in [4.78, 5) is 82.8. The van der Waals surface area contributed by atoms with E-state index in [1.165, 1.54) is 6.07 Å². The Balaban J connectivity index is 0.753. The number of anilines is 1. The maximum Gasteiger partial charge on any atom is 0.261 e. The first kappa shape index (κ1) is 50.0. The first-order chi connectivity index (χ1) is 32.2. The van der Waals surface area contributed by atoms with Crippen LogP contribution in [0.2, 0.25) is 0 Å². The number of hydrogen-bond acceptors (Lipinski definition) is 11. The minimum absolute atomic E-state index is 0.000902. The molecule has 2 aliphatic heterocycles. The van der Waals surface area contributed by atoms with Crippen molar-refractivity contribution in [3.05, 3.63) is 75.2 Å². The summed E-state index contributed by atoms with van der Waals surface area (Å²) in [5.74, 6) is -0.0923. The molecule has 2 unspecified atom stereocenters.